The molecule has 0 spiro atoms. The van der Waals surface area contributed by atoms with Gasteiger partial charge in [-0.25, -0.2) is 4.79 Å². The highest BCUT2D eigenvalue weighted by molar-refractivity contribution is 5.69. The van der Waals surface area contributed by atoms with E-state index in [2.05, 4.69) is 5.32 Å². The van der Waals surface area contributed by atoms with E-state index in [-0.39, 0.29) is 12.1 Å². The zero-order valence-corrected chi connectivity index (χ0v) is 10.8. The molecular weight excluding hydrogens is 224 g/mol. The molecule has 0 fully saturated rings. The zero-order valence-electron chi connectivity index (χ0n) is 10.8. The molecule has 17 heavy (non-hydrogen) atoms. The Balaban J connectivity index is 3.59. The molecule has 0 aliphatic carbocycles. The Morgan fingerprint density at radius 2 is 2.00 bits per heavy atom. The molecule has 0 saturated heterocycles. The van der Waals surface area contributed by atoms with Crippen LogP contribution in [0, 0.1) is 0 Å². The van der Waals surface area contributed by atoms with Crippen LogP contribution in [0.5, 0.6) is 0 Å². The van der Waals surface area contributed by atoms with E-state index >= 15 is 0 Å². The van der Waals surface area contributed by atoms with Crippen LogP contribution in [0.1, 0.15) is 19.8 Å². The third kappa shape index (κ3) is 8.50. The maximum Gasteiger partial charge on any atom is 0.409 e. The first kappa shape index (κ1) is 15.7. The maximum absolute atomic E-state index is 11.4. The van der Waals surface area contributed by atoms with Crippen LogP contribution in [-0.4, -0.2) is 57.4 Å². The fourth-order valence-corrected chi connectivity index (χ4v) is 1.14. The number of esters is 1. The Morgan fingerprint density at radius 1 is 1.29 bits per heavy atom. The van der Waals surface area contributed by atoms with Gasteiger partial charge in [0.25, 0.3) is 0 Å². The number of ether oxygens (including phenoxy) is 2. The lowest BCUT2D eigenvalue weighted by atomic mass is 10.3. The first-order valence-corrected chi connectivity index (χ1v) is 5.80. The van der Waals surface area contributed by atoms with E-state index in [1.807, 2.05) is 0 Å². The van der Waals surface area contributed by atoms with Crippen molar-refractivity contribution in [2.24, 2.45) is 0 Å². The number of likely N-dealkylation sites (N-methyl/N-ethyl adjacent to an activating group) is 1. The summed E-state index contributed by atoms with van der Waals surface area (Å²) in [5.41, 5.74) is 0. The van der Waals surface area contributed by atoms with E-state index in [1.165, 1.54) is 4.90 Å². The number of nitrogens with zero attached hydrogens (tertiary/aromatic N) is 1. The van der Waals surface area contributed by atoms with E-state index in [0.29, 0.717) is 39.1 Å². The van der Waals surface area contributed by atoms with Gasteiger partial charge in [-0.2, -0.15) is 0 Å². The minimum Gasteiger partial charge on any atom is -0.466 e. The van der Waals surface area contributed by atoms with Crippen molar-refractivity contribution >= 4 is 12.1 Å². The minimum absolute atomic E-state index is 0.232. The Hall–Kier alpha value is -1.30. The Labute approximate surface area is 102 Å². The topological polar surface area (TPSA) is 67.9 Å². The molecule has 6 nitrogen and oxygen atoms in total. The number of amides is 1. The lowest BCUT2D eigenvalue weighted by Gasteiger charge is -2.16. The first-order chi connectivity index (χ1) is 8.11. The van der Waals surface area contributed by atoms with Gasteiger partial charge in [-0.15, -0.1) is 0 Å². The summed E-state index contributed by atoms with van der Waals surface area (Å²) < 4.78 is 9.74. The van der Waals surface area contributed by atoms with Crippen molar-refractivity contribution in [3.8, 4) is 0 Å². The van der Waals surface area contributed by atoms with Gasteiger partial charge in [-0.1, -0.05) is 0 Å². The number of carbonyl (C=O) groups is 2. The quantitative estimate of drug-likeness (QED) is 0.502. The van der Waals surface area contributed by atoms with Crippen LogP contribution in [0.25, 0.3) is 0 Å². The molecule has 1 amide bonds. The number of hydrogen-bond acceptors (Lipinski definition) is 5. The van der Waals surface area contributed by atoms with Crippen LogP contribution in [0.2, 0.25) is 0 Å². The van der Waals surface area contributed by atoms with Gasteiger partial charge in [0.2, 0.25) is 0 Å². The van der Waals surface area contributed by atoms with Crippen molar-refractivity contribution in [2.45, 2.75) is 19.8 Å². The molecule has 0 aromatic heterocycles. The average molecular weight is 246 g/mol. The van der Waals surface area contributed by atoms with E-state index in [4.69, 9.17) is 9.47 Å². The van der Waals surface area contributed by atoms with Crippen molar-refractivity contribution in [1.29, 1.82) is 0 Å². The van der Waals surface area contributed by atoms with Gasteiger partial charge in [0.1, 0.15) is 6.61 Å². The zero-order chi connectivity index (χ0) is 13.1. The Morgan fingerprint density at radius 3 is 2.59 bits per heavy atom. The van der Waals surface area contributed by atoms with Crippen molar-refractivity contribution in [3.63, 3.8) is 0 Å². The van der Waals surface area contributed by atoms with Gasteiger partial charge in [-0.05, 0) is 20.4 Å². The normalized spacial score (nSPS) is 9.82. The van der Waals surface area contributed by atoms with Crippen LogP contribution in [-0.2, 0) is 14.3 Å². The number of rotatable bonds is 8. The molecule has 0 unspecified atom stereocenters. The molecule has 0 aliphatic rings. The van der Waals surface area contributed by atoms with Gasteiger partial charge in [0.05, 0.1) is 6.61 Å². The molecule has 1 N–H and O–H groups in total. The molecule has 0 rings (SSSR count). The summed E-state index contributed by atoms with van der Waals surface area (Å²) in [5, 5.41) is 2.88. The maximum atomic E-state index is 11.4. The van der Waals surface area contributed by atoms with Crippen molar-refractivity contribution in [1.82, 2.24) is 10.2 Å². The van der Waals surface area contributed by atoms with Gasteiger partial charge in [0.15, 0.2) is 0 Å². The monoisotopic (exact) mass is 246 g/mol. The second-order valence-electron chi connectivity index (χ2n) is 3.55. The summed E-state index contributed by atoms with van der Waals surface area (Å²) in [4.78, 5) is 23.9. The van der Waals surface area contributed by atoms with Crippen molar-refractivity contribution < 1.29 is 19.1 Å². The lowest BCUT2D eigenvalue weighted by molar-refractivity contribution is -0.143. The van der Waals surface area contributed by atoms with E-state index in [0.717, 1.165) is 0 Å². The van der Waals surface area contributed by atoms with Crippen LogP contribution in [0.4, 0.5) is 4.79 Å². The second kappa shape index (κ2) is 9.89. The molecule has 0 radical (unpaired) electrons. The molecule has 0 bridgehead atoms. The highest BCUT2D eigenvalue weighted by Crippen LogP contribution is 1.97. The van der Waals surface area contributed by atoms with Gasteiger partial charge < -0.3 is 19.7 Å². The summed E-state index contributed by atoms with van der Waals surface area (Å²) in [5.74, 6) is -0.232. The molecule has 0 heterocycles. The Bertz CT molecular complexity index is 234. The molecule has 0 aromatic carbocycles. The van der Waals surface area contributed by atoms with Crippen LogP contribution >= 0.6 is 0 Å². The van der Waals surface area contributed by atoms with Gasteiger partial charge in [0, 0.05) is 26.6 Å². The molecule has 0 aromatic rings. The summed E-state index contributed by atoms with van der Waals surface area (Å²) >= 11 is 0. The first-order valence-electron chi connectivity index (χ1n) is 5.80. The largest absolute Gasteiger partial charge is 0.466 e. The van der Waals surface area contributed by atoms with Crippen molar-refractivity contribution in [2.75, 3.05) is 40.4 Å². The number of hydrogen-bond donors (Lipinski definition) is 1. The predicted octanol–water partition coefficient (Wildman–Crippen LogP) is 0.617. The smallest absolute Gasteiger partial charge is 0.409 e. The van der Waals surface area contributed by atoms with Crippen LogP contribution in [0.15, 0.2) is 0 Å². The Kier molecular flexibility index (Phi) is 9.14. The summed E-state index contributed by atoms with van der Waals surface area (Å²) in [7, 11) is 3.43. The van der Waals surface area contributed by atoms with Gasteiger partial charge >= 0.3 is 12.1 Å². The highest BCUT2D eigenvalue weighted by atomic mass is 16.6. The van der Waals surface area contributed by atoms with E-state index in [9.17, 15) is 9.59 Å². The molecular formula is C11H22N2O4. The molecule has 6 heteroatoms. The third-order valence-electron chi connectivity index (χ3n) is 2.07. The van der Waals surface area contributed by atoms with Crippen LogP contribution < -0.4 is 5.32 Å². The highest BCUT2D eigenvalue weighted by Gasteiger charge is 2.10. The summed E-state index contributed by atoms with van der Waals surface area (Å²) in [6, 6.07) is 0. The SMILES string of the molecule is CCOC(=O)CCCN(C)C(=O)OCCNC. The van der Waals surface area contributed by atoms with Gasteiger partial charge in [-0.3, -0.25) is 4.79 Å². The fourth-order valence-electron chi connectivity index (χ4n) is 1.14. The average Bonchev–Trinajstić information content (AvgIpc) is 2.29. The van der Waals surface area contributed by atoms with Crippen molar-refractivity contribution in [3.05, 3.63) is 0 Å². The predicted molar refractivity (Wildman–Crippen MR) is 63.8 cm³/mol. The van der Waals surface area contributed by atoms with E-state index < -0.39 is 0 Å². The standard InChI is InChI=1S/C11H22N2O4/c1-4-16-10(14)6-5-8-13(3)11(15)17-9-7-12-2/h12H,4-9H2,1-3H3. The molecule has 0 saturated carbocycles. The number of nitrogens with one attached hydrogen (secondary N) is 1. The molecule has 0 aliphatic heterocycles. The fraction of sp³-hybridized carbons (Fsp3) is 0.818. The molecule has 100 valence electrons. The van der Waals surface area contributed by atoms with Crippen LogP contribution in [0.3, 0.4) is 0 Å². The lowest BCUT2D eigenvalue weighted by Crippen LogP contribution is -2.30. The second-order valence-corrected chi connectivity index (χ2v) is 3.55. The summed E-state index contributed by atoms with van der Waals surface area (Å²) in [6.07, 6.45) is 0.530. The third-order valence-corrected chi connectivity index (χ3v) is 2.07. The van der Waals surface area contributed by atoms with E-state index in [1.54, 1.807) is 21.0 Å². The minimum atomic E-state index is -0.371. The number of carbonyl (C=O) groups excluding carboxylic acids is 2. The molecule has 0 atom stereocenters. The summed E-state index contributed by atoms with van der Waals surface area (Å²) in [6.45, 7) is 3.61.